The van der Waals surface area contributed by atoms with Gasteiger partial charge in [-0.3, -0.25) is 14.6 Å². The van der Waals surface area contributed by atoms with Gasteiger partial charge in [0.05, 0.1) is 20.3 Å². The highest BCUT2D eigenvalue weighted by atomic mass is 16.5. The number of carbonyl (C=O) groups excluding carboxylic acids is 2. The maximum atomic E-state index is 13.2. The smallest absolute Gasteiger partial charge is 0.328 e. The molecule has 1 saturated heterocycles. The number of fused-ring (bicyclic) bond motifs is 3. The second-order valence-corrected chi connectivity index (χ2v) is 7.08. The largest absolute Gasteiger partial charge is 0.497 e. The molecule has 9 heteroatoms. The van der Waals surface area contributed by atoms with E-state index in [2.05, 4.69) is 0 Å². The number of likely N-dealkylation sites (N-methyl/N-ethyl adjacent to an activating group) is 1. The van der Waals surface area contributed by atoms with Crippen molar-refractivity contribution in [1.82, 2.24) is 14.7 Å². The van der Waals surface area contributed by atoms with Gasteiger partial charge in [-0.15, -0.1) is 0 Å². The summed E-state index contributed by atoms with van der Waals surface area (Å²) in [7, 11) is 3.31. The Labute approximate surface area is 169 Å². The van der Waals surface area contributed by atoms with Gasteiger partial charge in [-0.1, -0.05) is 0 Å². The zero-order valence-corrected chi connectivity index (χ0v) is 17.0. The number of carbonyl (C=O) groups is 2. The number of amides is 3. The van der Waals surface area contributed by atoms with Gasteiger partial charge in [0.15, 0.2) is 12.2 Å². The molecule has 2 atom stereocenters. The molecule has 1 fully saturated rings. The lowest BCUT2D eigenvalue weighted by molar-refractivity contribution is -0.137. The maximum absolute atomic E-state index is 13.2. The van der Waals surface area contributed by atoms with Crippen LogP contribution in [-0.4, -0.2) is 78.7 Å². The van der Waals surface area contributed by atoms with E-state index in [1.165, 1.54) is 9.80 Å². The molecule has 1 aromatic carbocycles. The van der Waals surface area contributed by atoms with Gasteiger partial charge in [-0.05, 0) is 38.1 Å². The third-order valence-corrected chi connectivity index (χ3v) is 5.38. The Morgan fingerprint density at radius 1 is 1.17 bits per heavy atom. The topological polar surface area (TPSA) is 77.9 Å². The molecule has 0 spiro atoms. The van der Waals surface area contributed by atoms with Gasteiger partial charge in [0.25, 0.3) is 5.91 Å². The predicted octanol–water partition coefficient (Wildman–Crippen LogP) is 1.67. The molecule has 3 heterocycles. The fraction of sp³-hybridized carbons (Fsp3) is 0.450. The SMILES string of the molecule is CCOCCN1C(=O)C2C(N=C3N(c4ccc(OC)cc4)C(C)=CN32)N(C)C1=O. The molecule has 3 aliphatic heterocycles. The van der Waals surface area contributed by atoms with Crippen LogP contribution in [0.5, 0.6) is 5.75 Å². The molecule has 3 aliphatic rings. The molecule has 3 amide bonds. The van der Waals surface area contributed by atoms with Crippen LogP contribution < -0.4 is 9.64 Å². The summed E-state index contributed by atoms with van der Waals surface area (Å²) in [4.78, 5) is 37.3. The number of aliphatic imine (C=N–C) groups is 1. The normalized spacial score (nSPS) is 23.3. The van der Waals surface area contributed by atoms with Gasteiger partial charge in [0.2, 0.25) is 5.96 Å². The first-order valence-electron chi connectivity index (χ1n) is 9.62. The van der Waals surface area contributed by atoms with Crippen LogP contribution >= 0.6 is 0 Å². The van der Waals surface area contributed by atoms with Crippen molar-refractivity contribution in [2.75, 3.05) is 38.8 Å². The maximum Gasteiger partial charge on any atom is 0.328 e. The summed E-state index contributed by atoms with van der Waals surface area (Å²) in [5.41, 5.74) is 1.86. The van der Waals surface area contributed by atoms with Crippen LogP contribution in [0.3, 0.4) is 0 Å². The molecule has 0 radical (unpaired) electrons. The van der Waals surface area contributed by atoms with Crippen molar-refractivity contribution in [3.63, 3.8) is 0 Å². The van der Waals surface area contributed by atoms with E-state index >= 15 is 0 Å². The van der Waals surface area contributed by atoms with E-state index in [1.807, 2.05) is 54.1 Å². The van der Waals surface area contributed by atoms with Crippen LogP contribution in [0, 0.1) is 0 Å². The average molecular weight is 399 g/mol. The molecule has 154 valence electrons. The number of urea groups is 1. The predicted molar refractivity (Wildman–Crippen MR) is 107 cm³/mol. The van der Waals surface area contributed by atoms with Crippen LogP contribution in [0.15, 0.2) is 41.2 Å². The molecular weight excluding hydrogens is 374 g/mol. The van der Waals surface area contributed by atoms with E-state index in [9.17, 15) is 9.59 Å². The van der Waals surface area contributed by atoms with Crippen LogP contribution in [0.1, 0.15) is 13.8 Å². The summed E-state index contributed by atoms with van der Waals surface area (Å²) in [6, 6.07) is 6.71. The molecule has 0 bridgehead atoms. The summed E-state index contributed by atoms with van der Waals surface area (Å²) in [5, 5.41) is 0. The lowest BCUT2D eigenvalue weighted by Gasteiger charge is -2.40. The molecule has 1 aromatic rings. The van der Waals surface area contributed by atoms with Crippen molar-refractivity contribution in [2.24, 2.45) is 4.99 Å². The van der Waals surface area contributed by atoms with Crippen molar-refractivity contribution in [1.29, 1.82) is 0 Å². The monoisotopic (exact) mass is 399 g/mol. The number of allylic oxidation sites excluding steroid dienone is 1. The van der Waals surface area contributed by atoms with Crippen molar-refractivity contribution >= 4 is 23.6 Å². The molecule has 0 saturated carbocycles. The highest BCUT2D eigenvalue weighted by Crippen LogP contribution is 2.36. The summed E-state index contributed by atoms with van der Waals surface area (Å²) >= 11 is 0. The lowest BCUT2D eigenvalue weighted by atomic mass is 10.1. The van der Waals surface area contributed by atoms with Crippen molar-refractivity contribution in [2.45, 2.75) is 26.1 Å². The lowest BCUT2D eigenvalue weighted by Crippen LogP contribution is -2.64. The summed E-state index contributed by atoms with van der Waals surface area (Å²) in [6.07, 6.45) is 1.36. The first-order chi connectivity index (χ1) is 14.0. The second-order valence-electron chi connectivity index (χ2n) is 7.08. The Hall–Kier alpha value is -3.07. The Morgan fingerprint density at radius 3 is 2.55 bits per heavy atom. The van der Waals surface area contributed by atoms with Crippen LogP contribution in [-0.2, 0) is 9.53 Å². The molecule has 0 N–H and O–H groups in total. The van der Waals surface area contributed by atoms with E-state index in [4.69, 9.17) is 14.5 Å². The number of imide groups is 1. The van der Waals surface area contributed by atoms with Gasteiger partial charge in [0, 0.05) is 31.2 Å². The van der Waals surface area contributed by atoms with E-state index in [1.54, 1.807) is 14.2 Å². The number of benzene rings is 1. The minimum absolute atomic E-state index is 0.229. The summed E-state index contributed by atoms with van der Waals surface area (Å²) in [5.74, 6) is 1.15. The highest BCUT2D eigenvalue weighted by molar-refractivity contribution is 6.09. The zero-order valence-electron chi connectivity index (χ0n) is 17.0. The second kappa shape index (κ2) is 7.40. The van der Waals surface area contributed by atoms with Gasteiger partial charge in [-0.25, -0.2) is 9.79 Å². The van der Waals surface area contributed by atoms with Gasteiger partial charge >= 0.3 is 6.03 Å². The Balaban J connectivity index is 1.63. The first kappa shape index (κ1) is 19.3. The van der Waals surface area contributed by atoms with Crippen molar-refractivity contribution in [3.05, 3.63) is 36.2 Å². The standard InChI is InChI=1S/C20H25N5O4/c1-5-29-11-10-23-18(26)16-17(22(3)20(23)27)21-19-24(16)12-13(2)25(19)14-6-8-15(28-4)9-7-14/h6-9,12,16-17H,5,10-11H2,1-4H3. The Bertz CT molecular complexity index is 881. The Kier molecular flexibility index (Phi) is 4.91. The fourth-order valence-electron chi connectivity index (χ4n) is 3.91. The Morgan fingerprint density at radius 2 is 1.90 bits per heavy atom. The van der Waals surface area contributed by atoms with E-state index in [0.29, 0.717) is 19.2 Å². The van der Waals surface area contributed by atoms with Crippen LogP contribution in [0.4, 0.5) is 10.5 Å². The molecular formula is C20H25N5O4. The van der Waals surface area contributed by atoms with E-state index < -0.39 is 12.2 Å². The minimum Gasteiger partial charge on any atom is -0.497 e. The molecule has 0 aromatic heterocycles. The third-order valence-electron chi connectivity index (χ3n) is 5.38. The molecule has 0 aliphatic carbocycles. The number of hydrogen-bond acceptors (Lipinski definition) is 7. The fourth-order valence-corrected chi connectivity index (χ4v) is 3.91. The number of nitrogens with zero attached hydrogens (tertiary/aromatic N) is 5. The van der Waals surface area contributed by atoms with Crippen molar-refractivity contribution < 1.29 is 19.1 Å². The molecule has 4 rings (SSSR count). The van der Waals surface area contributed by atoms with Crippen LogP contribution in [0.25, 0.3) is 0 Å². The zero-order chi connectivity index (χ0) is 20.7. The summed E-state index contributed by atoms with van der Waals surface area (Å²) in [6.45, 7) is 4.93. The highest BCUT2D eigenvalue weighted by Gasteiger charge is 2.54. The van der Waals surface area contributed by atoms with Crippen LogP contribution in [0.2, 0.25) is 0 Å². The number of rotatable bonds is 6. The van der Waals surface area contributed by atoms with Gasteiger partial charge < -0.3 is 19.3 Å². The van der Waals surface area contributed by atoms with Gasteiger partial charge in [0.1, 0.15) is 5.75 Å². The average Bonchev–Trinajstić information content (AvgIpc) is 3.23. The first-order valence-corrected chi connectivity index (χ1v) is 9.62. The quantitative estimate of drug-likeness (QED) is 0.678. The molecule has 9 nitrogen and oxygen atoms in total. The van der Waals surface area contributed by atoms with E-state index in [0.717, 1.165) is 17.1 Å². The summed E-state index contributed by atoms with van der Waals surface area (Å²) < 4.78 is 10.6. The third kappa shape index (κ3) is 3.02. The van der Waals surface area contributed by atoms with Crippen molar-refractivity contribution in [3.8, 4) is 5.75 Å². The van der Waals surface area contributed by atoms with E-state index in [-0.39, 0.29) is 18.5 Å². The number of guanidine groups is 1. The number of anilines is 1. The number of methoxy groups -OCH3 is 1. The van der Waals surface area contributed by atoms with Gasteiger partial charge in [-0.2, -0.15) is 0 Å². The molecule has 29 heavy (non-hydrogen) atoms. The number of ether oxygens (including phenoxy) is 2. The molecule has 2 unspecified atom stereocenters. The number of hydrogen-bond donors (Lipinski definition) is 0. The minimum atomic E-state index is -0.576.